The Bertz CT molecular complexity index is 567. The second kappa shape index (κ2) is 7.45. The third-order valence-corrected chi connectivity index (χ3v) is 3.15. The Morgan fingerprint density at radius 3 is 2.43 bits per heavy atom. The van der Waals surface area contributed by atoms with Crippen LogP contribution in [0.3, 0.4) is 0 Å². The van der Waals surface area contributed by atoms with Crippen molar-refractivity contribution >= 4 is 11.7 Å². The van der Waals surface area contributed by atoms with Crippen LogP contribution in [0.4, 0.5) is 5.69 Å². The van der Waals surface area contributed by atoms with Gasteiger partial charge in [-0.2, -0.15) is 0 Å². The van der Waals surface area contributed by atoms with Crippen LogP contribution >= 0.6 is 0 Å². The summed E-state index contributed by atoms with van der Waals surface area (Å²) in [6.07, 6.45) is 0. The largest absolute Gasteiger partial charge is 0.461 e. The Labute approximate surface area is 125 Å². The Morgan fingerprint density at radius 1 is 1.10 bits per heavy atom. The molecule has 0 saturated heterocycles. The molecule has 0 amide bonds. The zero-order valence-electron chi connectivity index (χ0n) is 12.2. The number of hydrogen-bond acceptors (Lipinski definition) is 4. The molecular formula is C17H20N2O2. The van der Waals surface area contributed by atoms with Gasteiger partial charge in [0.2, 0.25) is 0 Å². The number of rotatable bonds is 6. The average molecular weight is 284 g/mol. The number of nitrogens with zero attached hydrogens (tertiary/aromatic N) is 1. The number of esters is 1. The summed E-state index contributed by atoms with van der Waals surface area (Å²) in [7, 11) is 2.00. The molecule has 2 aromatic carbocycles. The van der Waals surface area contributed by atoms with Crippen LogP contribution in [0.2, 0.25) is 0 Å². The van der Waals surface area contributed by atoms with Crippen molar-refractivity contribution in [3.8, 4) is 0 Å². The maximum absolute atomic E-state index is 11.8. The van der Waals surface area contributed by atoms with Crippen molar-refractivity contribution in [2.24, 2.45) is 0 Å². The van der Waals surface area contributed by atoms with Gasteiger partial charge in [-0.3, -0.25) is 4.90 Å². The standard InChI is InChI=1S/C17H20N2O2/c1-19(13-14-5-3-2-4-6-14)11-12-21-17(20)15-7-9-16(18)10-8-15/h2-10H,11-13,18H2,1H3. The fourth-order valence-electron chi connectivity index (χ4n) is 1.97. The van der Waals surface area contributed by atoms with Gasteiger partial charge in [-0.05, 0) is 36.9 Å². The lowest BCUT2D eigenvalue weighted by Gasteiger charge is -2.16. The van der Waals surface area contributed by atoms with Crippen LogP contribution < -0.4 is 5.73 Å². The normalized spacial score (nSPS) is 10.6. The van der Waals surface area contributed by atoms with E-state index >= 15 is 0 Å². The molecule has 0 spiro atoms. The van der Waals surface area contributed by atoms with Crippen molar-refractivity contribution in [1.82, 2.24) is 4.90 Å². The van der Waals surface area contributed by atoms with Crippen LogP contribution in [0.15, 0.2) is 54.6 Å². The lowest BCUT2D eigenvalue weighted by Crippen LogP contribution is -2.24. The number of nitrogen functional groups attached to an aromatic ring is 1. The number of likely N-dealkylation sites (N-methyl/N-ethyl adjacent to an activating group) is 1. The van der Waals surface area contributed by atoms with E-state index in [4.69, 9.17) is 10.5 Å². The number of benzene rings is 2. The van der Waals surface area contributed by atoms with Crippen molar-refractivity contribution in [2.75, 3.05) is 25.9 Å². The van der Waals surface area contributed by atoms with E-state index < -0.39 is 0 Å². The predicted molar refractivity (Wildman–Crippen MR) is 83.9 cm³/mol. The number of anilines is 1. The summed E-state index contributed by atoms with van der Waals surface area (Å²) in [5.41, 5.74) is 7.98. The van der Waals surface area contributed by atoms with Crippen molar-refractivity contribution in [2.45, 2.75) is 6.54 Å². The molecule has 0 radical (unpaired) electrons. The van der Waals surface area contributed by atoms with Crippen LogP contribution in [0.1, 0.15) is 15.9 Å². The van der Waals surface area contributed by atoms with E-state index in [0.717, 1.165) is 6.54 Å². The molecule has 0 heterocycles. The first kappa shape index (κ1) is 15.1. The topological polar surface area (TPSA) is 55.6 Å². The molecule has 0 aromatic heterocycles. The minimum atomic E-state index is -0.317. The predicted octanol–water partition coefficient (Wildman–Crippen LogP) is 2.56. The Kier molecular flexibility index (Phi) is 5.35. The summed E-state index contributed by atoms with van der Waals surface area (Å²) in [5, 5.41) is 0. The summed E-state index contributed by atoms with van der Waals surface area (Å²) < 4.78 is 5.25. The molecular weight excluding hydrogens is 264 g/mol. The molecule has 0 aliphatic rings. The lowest BCUT2D eigenvalue weighted by atomic mass is 10.2. The van der Waals surface area contributed by atoms with E-state index in [9.17, 15) is 4.79 Å². The molecule has 2 aromatic rings. The summed E-state index contributed by atoms with van der Waals surface area (Å²) in [5.74, 6) is -0.317. The van der Waals surface area contributed by atoms with E-state index in [-0.39, 0.29) is 5.97 Å². The molecule has 2 rings (SSSR count). The number of nitrogens with two attached hydrogens (primary N) is 1. The summed E-state index contributed by atoms with van der Waals surface area (Å²) >= 11 is 0. The van der Waals surface area contributed by atoms with Gasteiger partial charge in [-0.25, -0.2) is 4.79 Å². The zero-order chi connectivity index (χ0) is 15.1. The van der Waals surface area contributed by atoms with Crippen LogP contribution in [0.5, 0.6) is 0 Å². The summed E-state index contributed by atoms with van der Waals surface area (Å²) in [4.78, 5) is 13.9. The van der Waals surface area contributed by atoms with E-state index in [1.54, 1.807) is 24.3 Å². The minimum absolute atomic E-state index is 0.317. The van der Waals surface area contributed by atoms with Gasteiger partial charge in [0.15, 0.2) is 0 Å². The Morgan fingerprint density at radius 2 is 1.76 bits per heavy atom. The van der Waals surface area contributed by atoms with Crippen molar-refractivity contribution in [3.05, 3.63) is 65.7 Å². The molecule has 0 aliphatic heterocycles. The lowest BCUT2D eigenvalue weighted by molar-refractivity contribution is 0.0470. The fourth-order valence-corrected chi connectivity index (χ4v) is 1.97. The number of ether oxygens (including phenoxy) is 1. The van der Waals surface area contributed by atoms with Crippen molar-refractivity contribution < 1.29 is 9.53 Å². The molecule has 0 unspecified atom stereocenters. The van der Waals surface area contributed by atoms with Crippen LogP contribution in [-0.2, 0) is 11.3 Å². The number of hydrogen-bond donors (Lipinski definition) is 1. The van der Waals surface area contributed by atoms with Gasteiger partial charge >= 0.3 is 5.97 Å². The van der Waals surface area contributed by atoms with Gasteiger partial charge in [0, 0.05) is 18.8 Å². The van der Waals surface area contributed by atoms with Crippen molar-refractivity contribution in [3.63, 3.8) is 0 Å². The quantitative estimate of drug-likeness (QED) is 0.654. The molecule has 0 atom stereocenters. The number of carbonyl (C=O) groups is 1. The highest BCUT2D eigenvalue weighted by Crippen LogP contribution is 2.07. The number of carbonyl (C=O) groups excluding carboxylic acids is 1. The first-order valence-electron chi connectivity index (χ1n) is 6.90. The third-order valence-electron chi connectivity index (χ3n) is 3.15. The van der Waals surface area contributed by atoms with Crippen LogP contribution in [0, 0.1) is 0 Å². The Hall–Kier alpha value is -2.33. The monoisotopic (exact) mass is 284 g/mol. The van der Waals surface area contributed by atoms with Gasteiger partial charge in [0.25, 0.3) is 0 Å². The van der Waals surface area contributed by atoms with Gasteiger partial charge in [-0.15, -0.1) is 0 Å². The second-order valence-corrected chi connectivity index (χ2v) is 4.98. The average Bonchev–Trinajstić information content (AvgIpc) is 2.49. The molecule has 0 fully saturated rings. The molecule has 4 nitrogen and oxygen atoms in total. The van der Waals surface area contributed by atoms with Gasteiger partial charge in [0.05, 0.1) is 5.56 Å². The van der Waals surface area contributed by atoms with Crippen LogP contribution in [-0.4, -0.2) is 31.1 Å². The van der Waals surface area contributed by atoms with Gasteiger partial charge < -0.3 is 10.5 Å². The maximum Gasteiger partial charge on any atom is 0.338 e. The minimum Gasteiger partial charge on any atom is -0.461 e. The highest BCUT2D eigenvalue weighted by atomic mass is 16.5. The smallest absolute Gasteiger partial charge is 0.338 e. The van der Waals surface area contributed by atoms with Gasteiger partial charge in [0.1, 0.15) is 6.61 Å². The molecule has 4 heteroatoms. The van der Waals surface area contributed by atoms with E-state index in [2.05, 4.69) is 17.0 Å². The maximum atomic E-state index is 11.8. The second-order valence-electron chi connectivity index (χ2n) is 4.98. The first-order valence-corrected chi connectivity index (χ1v) is 6.90. The van der Waals surface area contributed by atoms with Gasteiger partial charge in [-0.1, -0.05) is 30.3 Å². The Balaban J connectivity index is 1.73. The first-order chi connectivity index (χ1) is 10.1. The van der Waals surface area contributed by atoms with E-state index in [1.165, 1.54) is 5.56 Å². The molecule has 110 valence electrons. The molecule has 2 N–H and O–H groups in total. The zero-order valence-corrected chi connectivity index (χ0v) is 12.2. The highest BCUT2D eigenvalue weighted by molar-refractivity contribution is 5.89. The summed E-state index contributed by atoms with van der Waals surface area (Å²) in [6, 6.07) is 16.9. The third kappa shape index (κ3) is 4.93. The van der Waals surface area contributed by atoms with E-state index in [0.29, 0.717) is 24.4 Å². The molecule has 21 heavy (non-hydrogen) atoms. The highest BCUT2D eigenvalue weighted by Gasteiger charge is 2.07. The van der Waals surface area contributed by atoms with Crippen LogP contribution in [0.25, 0.3) is 0 Å². The summed E-state index contributed by atoms with van der Waals surface area (Å²) in [6.45, 7) is 1.89. The SMILES string of the molecule is CN(CCOC(=O)c1ccc(N)cc1)Cc1ccccc1. The van der Waals surface area contributed by atoms with E-state index in [1.807, 2.05) is 25.2 Å². The fraction of sp³-hybridized carbons (Fsp3) is 0.235. The van der Waals surface area contributed by atoms with Crippen molar-refractivity contribution in [1.29, 1.82) is 0 Å². The molecule has 0 saturated carbocycles. The molecule has 0 bridgehead atoms. The molecule has 0 aliphatic carbocycles.